The first kappa shape index (κ1) is 19.1. The highest BCUT2D eigenvalue weighted by Crippen LogP contribution is 2.31. The van der Waals surface area contributed by atoms with Crippen LogP contribution in [0.5, 0.6) is 6.01 Å². The average molecular weight is 368 g/mol. The first-order valence-electron chi connectivity index (χ1n) is 9.47. The van der Waals surface area contributed by atoms with E-state index in [1.165, 1.54) is 10.1 Å². The third-order valence-corrected chi connectivity index (χ3v) is 5.12. The van der Waals surface area contributed by atoms with Crippen LogP contribution in [0.4, 0.5) is 0 Å². The fourth-order valence-electron chi connectivity index (χ4n) is 3.70. The molecule has 0 amide bonds. The maximum absolute atomic E-state index is 13.2. The predicted molar refractivity (Wildman–Crippen MR) is 108 cm³/mol. The van der Waals surface area contributed by atoms with Gasteiger partial charge in [0, 0.05) is 19.7 Å². The number of ether oxygens (including phenoxy) is 1. The second-order valence-corrected chi connectivity index (χ2v) is 7.26. The van der Waals surface area contributed by atoms with E-state index < -0.39 is 0 Å². The van der Waals surface area contributed by atoms with Crippen LogP contribution < -0.4 is 10.3 Å². The van der Waals surface area contributed by atoms with Crippen LogP contribution in [0.15, 0.2) is 16.9 Å². The van der Waals surface area contributed by atoms with Crippen LogP contribution in [-0.2, 0) is 14.1 Å². The van der Waals surface area contributed by atoms with E-state index in [1.807, 2.05) is 7.05 Å². The highest BCUT2D eigenvalue weighted by molar-refractivity contribution is 5.92. The molecule has 0 N–H and O–H groups in total. The molecule has 27 heavy (non-hydrogen) atoms. The van der Waals surface area contributed by atoms with Crippen LogP contribution in [-0.4, -0.2) is 25.4 Å². The minimum Gasteiger partial charge on any atom is -0.461 e. The molecule has 6 heteroatoms. The monoisotopic (exact) mass is 368 g/mol. The molecule has 3 rings (SSSR count). The third kappa shape index (κ3) is 3.24. The first-order chi connectivity index (χ1) is 12.8. The molecule has 0 radical (unpaired) electrons. The molecule has 0 aliphatic rings. The Morgan fingerprint density at radius 3 is 2.22 bits per heavy atom. The molecular formula is C21H28N4O2. The Morgan fingerprint density at radius 2 is 1.67 bits per heavy atom. The second-order valence-electron chi connectivity index (χ2n) is 7.26. The van der Waals surface area contributed by atoms with Crippen LogP contribution in [0.3, 0.4) is 0 Å². The highest BCUT2D eigenvalue weighted by atomic mass is 16.5. The Bertz CT molecular complexity index is 1040. The van der Waals surface area contributed by atoms with E-state index in [0.29, 0.717) is 22.7 Å². The zero-order valence-electron chi connectivity index (χ0n) is 17.3. The van der Waals surface area contributed by atoms with Gasteiger partial charge < -0.3 is 4.74 Å². The minimum absolute atomic E-state index is 0.0369. The van der Waals surface area contributed by atoms with E-state index in [2.05, 4.69) is 56.8 Å². The number of aromatic nitrogens is 4. The van der Waals surface area contributed by atoms with Crippen molar-refractivity contribution in [2.45, 2.75) is 53.6 Å². The molecule has 2 heterocycles. The van der Waals surface area contributed by atoms with Gasteiger partial charge >= 0.3 is 6.01 Å². The van der Waals surface area contributed by atoms with E-state index in [0.717, 1.165) is 29.5 Å². The number of nitrogens with zero attached hydrogens (tertiary/aromatic N) is 4. The lowest BCUT2D eigenvalue weighted by Gasteiger charge is -2.16. The molecule has 3 aromatic rings. The van der Waals surface area contributed by atoms with E-state index >= 15 is 0 Å². The summed E-state index contributed by atoms with van der Waals surface area (Å²) in [5.41, 5.74) is 5.50. The van der Waals surface area contributed by atoms with Crippen LogP contribution in [0.25, 0.3) is 22.3 Å². The molecule has 2 aromatic heterocycles. The molecular weight excluding hydrogens is 340 g/mol. The first-order valence-corrected chi connectivity index (χ1v) is 9.47. The van der Waals surface area contributed by atoms with Gasteiger partial charge in [-0.15, -0.1) is 0 Å². The van der Waals surface area contributed by atoms with Gasteiger partial charge in [0.25, 0.3) is 5.56 Å². The molecule has 0 unspecified atom stereocenters. The second kappa shape index (κ2) is 7.18. The smallest absolute Gasteiger partial charge is 0.301 e. The van der Waals surface area contributed by atoms with Gasteiger partial charge in [0.05, 0.1) is 0 Å². The van der Waals surface area contributed by atoms with E-state index in [-0.39, 0.29) is 11.7 Å². The van der Waals surface area contributed by atoms with Crippen LogP contribution in [0, 0.1) is 20.8 Å². The van der Waals surface area contributed by atoms with Crippen molar-refractivity contribution in [1.82, 2.24) is 19.3 Å². The van der Waals surface area contributed by atoms with Gasteiger partial charge in [-0.3, -0.25) is 9.36 Å². The van der Waals surface area contributed by atoms with Crippen LogP contribution >= 0.6 is 0 Å². The molecule has 1 aromatic carbocycles. The summed E-state index contributed by atoms with van der Waals surface area (Å²) >= 11 is 0. The van der Waals surface area contributed by atoms with Gasteiger partial charge in [0.15, 0.2) is 5.65 Å². The largest absolute Gasteiger partial charge is 0.461 e. The number of hydrogen-bond acceptors (Lipinski definition) is 4. The number of aryl methyl sites for hydroxylation is 4. The van der Waals surface area contributed by atoms with Crippen molar-refractivity contribution in [1.29, 1.82) is 0 Å². The molecule has 0 fully saturated rings. The van der Waals surface area contributed by atoms with Crippen molar-refractivity contribution in [3.63, 3.8) is 0 Å². The number of fused-ring (bicyclic) bond motifs is 1. The molecule has 0 aliphatic carbocycles. The molecule has 0 bridgehead atoms. The van der Waals surface area contributed by atoms with Crippen molar-refractivity contribution < 1.29 is 4.74 Å². The topological polar surface area (TPSA) is 61.9 Å². The number of rotatable bonds is 5. The average Bonchev–Trinajstić information content (AvgIpc) is 2.92. The van der Waals surface area contributed by atoms with E-state index in [9.17, 15) is 4.79 Å². The van der Waals surface area contributed by atoms with Gasteiger partial charge in [-0.25, -0.2) is 4.68 Å². The summed E-state index contributed by atoms with van der Waals surface area (Å²) in [5, 5.41) is 5.19. The standard InChI is InChI=1S/C21H28N4O2/c1-8-15(9-2)27-21-22-19-17(20(26)24(21)6)18(23-25(19)7)16-13(4)10-12(3)11-14(16)5/h10-11,15H,8-9H2,1-7H3. The molecule has 6 nitrogen and oxygen atoms in total. The summed E-state index contributed by atoms with van der Waals surface area (Å²) in [6, 6.07) is 4.57. The Morgan fingerprint density at radius 1 is 1.07 bits per heavy atom. The zero-order valence-corrected chi connectivity index (χ0v) is 17.3. The normalized spacial score (nSPS) is 11.6. The summed E-state index contributed by atoms with van der Waals surface area (Å²) in [7, 11) is 3.52. The summed E-state index contributed by atoms with van der Waals surface area (Å²) in [6.45, 7) is 10.3. The number of hydrogen-bond donors (Lipinski definition) is 0. The van der Waals surface area contributed by atoms with E-state index in [4.69, 9.17) is 4.74 Å². The van der Waals surface area contributed by atoms with Gasteiger partial charge in [-0.2, -0.15) is 10.1 Å². The molecule has 0 atom stereocenters. The van der Waals surface area contributed by atoms with Gasteiger partial charge in [0.1, 0.15) is 17.2 Å². The molecule has 144 valence electrons. The Balaban J connectivity index is 2.28. The minimum atomic E-state index is -0.136. The molecule has 0 spiro atoms. The molecule has 0 saturated carbocycles. The Hall–Kier alpha value is -2.63. The highest BCUT2D eigenvalue weighted by Gasteiger charge is 2.22. The summed E-state index contributed by atoms with van der Waals surface area (Å²) in [6.07, 6.45) is 1.76. The third-order valence-electron chi connectivity index (χ3n) is 5.12. The maximum atomic E-state index is 13.2. The molecule has 0 aliphatic heterocycles. The van der Waals surface area contributed by atoms with Crippen molar-refractivity contribution >= 4 is 11.0 Å². The lowest BCUT2D eigenvalue weighted by molar-refractivity contribution is 0.168. The number of benzene rings is 1. The maximum Gasteiger partial charge on any atom is 0.301 e. The van der Waals surface area contributed by atoms with Gasteiger partial charge in [-0.1, -0.05) is 31.5 Å². The fraction of sp³-hybridized carbons (Fsp3) is 0.476. The van der Waals surface area contributed by atoms with Gasteiger partial charge in [0.2, 0.25) is 0 Å². The van der Waals surface area contributed by atoms with E-state index in [1.54, 1.807) is 11.7 Å². The van der Waals surface area contributed by atoms with Gasteiger partial charge in [-0.05, 0) is 44.7 Å². The van der Waals surface area contributed by atoms with Crippen LogP contribution in [0.2, 0.25) is 0 Å². The molecule has 0 saturated heterocycles. The lowest BCUT2D eigenvalue weighted by Crippen LogP contribution is -2.25. The Kier molecular flexibility index (Phi) is 5.09. The van der Waals surface area contributed by atoms with Crippen LogP contribution in [0.1, 0.15) is 43.4 Å². The Labute approximate surface area is 159 Å². The van der Waals surface area contributed by atoms with Crippen molar-refractivity contribution in [3.05, 3.63) is 39.2 Å². The quantitative estimate of drug-likeness (QED) is 0.687. The summed E-state index contributed by atoms with van der Waals surface area (Å²) in [5.74, 6) is 0. The predicted octanol–water partition coefficient (Wildman–Crippen LogP) is 3.83. The van der Waals surface area contributed by atoms with Crippen molar-refractivity contribution in [2.24, 2.45) is 14.1 Å². The SMILES string of the molecule is CCC(CC)Oc1nc2c(c(-c3c(C)cc(C)cc3C)nn2C)c(=O)n1C. The lowest BCUT2D eigenvalue weighted by atomic mass is 9.96. The fourth-order valence-corrected chi connectivity index (χ4v) is 3.70. The van der Waals surface area contributed by atoms with Crippen molar-refractivity contribution in [3.8, 4) is 17.3 Å². The van der Waals surface area contributed by atoms with Crippen molar-refractivity contribution in [2.75, 3.05) is 0 Å². The zero-order chi connectivity index (χ0) is 19.9. The summed E-state index contributed by atoms with van der Waals surface area (Å²) < 4.78 is 9.14. The summed E-state index contributed by atoms with van der Waals surface area (Å²) in [4.78, 5) is 17.8.